The number of ether oxygens (including phenoxy) is 1. The Morgan fingerprint density at radius 2 is 1.90 bits per heavy atom. The molecule has 0 spiro atoms. The summed E-state index contributed by atoms with van der Waals surface area (Å²) in [5, 5.41) is 6.64. The fourth-order valence-electron chi connectivity index (χ4n) is 2.77. The van der Waals surface area contributed by atoms with Crippen molar-refractivity contribution < 1.29 is 13.9 Å². The van der Waals surface area contributed by atoms with Crippen molar-refractivity contribution in [3.63, 3.8) is 0 Å². The van der Waals surface area contributed by atoms with E-state index in [9.17, 15) is 9.18 Å². The average molecular weight is 436 g/mol. The van der Waals surface area contributed by atoms with Crippen LogP contribution < -0.4 is 22.1 Å². The van der Waals surface area contributed by atoms with Crippen LogP contribution in [-0.4, -0.2) is 37.8 Å². The van der Waals surface area contributed by atoms with Gasteiger partial charge in [0.1, 0.15) is 5.82 Å². The molecule has 0 fully saturated rings. The van der Waals surface area contributed by atoms with Crippen LogP contribution in [0.15, 0.2) is 53.5 Å². The third-order valence-electron chi connectivity index (χ3n) is 4.21. The number of halogens is 2. The molecule has 0 aliphatic carbocycles. The van der Waals surface area contributed by atoms with E-state index < -0.39 is 17.9 Å². The van der Waals surface area contributed by atoms with Gasteiger partial charge >= 0.3 is 0 Å². The number of nitrogens with two attached hydrogens (primary N) is 2. The fourth-order valence-corrected chi connectivity index (χ4v) is 2.90. The van der Waals surface area contributed by atoms with E-state index in [2.05, 4.69) is 15.6 Å². The Morgan fingerprint density at radius 1 is 1.20 bits per heavy atom. The first-order valence-corrected chi connectivity index (χ1v) is 9.83. The van der Waals surface area contributed by atoms with Crippen LogP contribution in [0.25, 0.3) is 0 Å². The molecule has 2 rings (SSSR count). The van der Waals surface area contributed by atoms with E-state index in [1.54, 1.807) is 19.2 Å². The highest BCUT2D eigenvalue weighted by Crippen LogP contribution is 2.17. The van der Waals surface area contributed by atoms with Crippen molar-refractivity contribution >= 4 is 23.5 Å². The van der Waals surface area contributed by atoms with E-state index >= 15 is 0 Å². The number of carbonyl (C=O) groups is 1. The van der Waals surface area contributed by atoms with Gasteiger partial charge in [-0.2, -0.15) is 4.99 Å². The molecule has 2 aromatic rings. The lowest BCUT2D eigenvalue weighted by Crippen LogP contribution is -2.52. The molecule has 162 valence electrons. The zero-order chi connectivity index (χ0) is 22.1. The summed E-state index contributed by atoms with van der Waals surface area (Å²) < 4.78 is 18.5. The van der Waals surface area contributed by atoms with Gasteiger partial charge in [-0.05, 0) is 49.2 Å². The predicted octanol–water partition coefficient (Wildman–Crippen LogP) is 2.56. The molecule has 2 aromatic carbocycles. The molecule has 6 N–H and O–H groups in total. The largest absolute Gasteiger partial charge is 0.383 e. The number of guanidine groups is 1. The first-order chi connectivity index (χ1) is 14.3. The van der Waals surface area contributed by atoms with Gasteiger partial charge in [0.05, 0.1) is 12.8 Å². The lowest BCUT2D eigenvalue weighted by Gasteiger charge is -2.23. The second-order valence-electron chi connectivity index (χ2n) is 6.92. The number of carbonyl (C=O) groups excluding carboxylic acids is 1. The molecular formula is C21H27ClFN5O2. The molecule has 9 heteroatoms. The van der Waals surface area contributed by atoms with E-state index in [4.69, 9.17) is 27.8 Å². The highest BCUT2D eigenvalue weighted by Gasteiger charge is 2.16. The quantitative estimate of drug-likeness (QED) is 0.288. The Kier molecular flexibility index (Phi) is 9.19. The van der Waals surface area contributed by atoms with E-state index in [0.717, 1.165) is 11.6 Å². The topological polar surface area (TPSA) is 115 Å². The van der Waals surface area contributed by atoms with Crippen molar-refractivity contribution in [1.29, 1.82) is 0 Å². The van der Waals surface area contributed by atoms with E-state index in [-0.39, 0.29) is 23.6 Å². The van der Waals surface area contributed by atoms with Gasteiger partial charge in [0.2, 0.25) is 5.96 Å². The molecule has 3 atom stereocenters. The van der Waals surface area contributed by atoms with Crippen LogP contribution >= 0.6 is 11.6 Å². The summed E-state index contributed by atoms with van der Waals surface area (Å²) in [5.41, 5.74) is 13.4. The summed E-state index contributed by atoms with van der Waals surface area (Å²) in [6.45, 7) is 2.24. The summed E-state index contributed by atoms with van der Waals surface area (Å²) >= 11 is 5.91. The van der Waals surface area contributed by atoms with Gasteiger partial charge in [-0.15, -0.1) is 0 Å². The van der Waals surface area contributed by atoms with Gasteiger partial charge in [-0.25, -0.2) is 4.39 Å². The Balaban J connectivity index is 2.11. The molecule has 0 aliphatic rings. The highest BCUT2D eigenvalue weighted by atomic mass is 35.5. The van der Waals surface area contributed by atoms with E-state index in [1.807, 2.05) is 19.1 Å². The van der Waals surface area contributed by atoms with Crippen LogP contribution in [-0.2, 0) is 4.74 Å². The molecule has 0 radical (unpaired) electrons. The number of aliphatic imine (C=N–C) groups is 1. The molecule has 7 nitrogen and oxygen atoms in total. The molecule has 1 amide bonds. The molecule has 30 heavy (non-hydrogen) atoms. The SMILES string of the molecule is COC[C@H](C)N/C(=N/C(=O)c1cccc(F)c1)NC(N)CC(N)c1ccc(Cl)cc1. The van der Waals surface area contributed by atoms with Crippen molar-refractivity contribution in [2.45, 2.75) is 31.6 Å². The fraction of sp³-hybridized carbons (Fsp3) is 0.333. The maximum absolute atomic E-state index is 13.4. The average Bonchev–Trinajstić information content (AvgIpc) is 2.68. The smallest absolute Gasteiger partial charge is 0.280 e. The van der Waals surface area contributed by atoms with Crippen molar-refractivity contribution in [1.82, 2.24) is 10.6 Å². The minimum Gasteiger partial charge on any atom is -0.383 e. The van der Waals surface area contributed by atoms with Crippen LogP contribution in [0, 0.1) is 5.82 Å². The second kappa shape index (κ2) is 11.6. The van der Waals surface area contributed by atoms with Crippen LogP contribution in [0.4, 0.5) is 4.39 Å². The second-order valence-corrected chi connectivity index (χ2v) is 7.36. The van der Waals surface area contributed by atoms with Crippen molar-refractivity contribution in [2.24, 2.45) is 16.5 Å². The molecule has 0 aliphatic heterocycles. The summed E-state index contributed by atoms with van der Waals surface area (Å²) in [6, 6.07) is 12.0. The molecule has 0 heterocycles. The first-order valence-electron chi connectivity index (χ1n) is 9.45. The molecular weight excluding hydrogens is 409 g/mol. The van der Waals surface area contributed by atoms with E-state index in [0.29, 0.717) is 18.1 Å². The zero-order valence-corrected chi connectivity index (χ0v) is 17.7. The van der Waals surface area contributed by atoms with E-state index in [1.165, 1.54) is 18.2 Å². The van der Waals surface area contributed by atoms with Gasteiger partial charge in [0.15, 0.2) is 0 Å². The monoisotopic (exact) mass is 435 g/mol. The molecule has 0 saturated heterocycles. The van der Waals surface area contributed by atoms with Crippen LogP contribution in [0.2, 0.25) is 5.02 Å². The van der Waals surface area contributed by atoms with Gasteiger partial charge in [0, 0.05) is 29.8 Å². The molecule has 0 aromatic heterocycles. The number of nitrogens with zero attached hydrogens (tertiary/aromatic N) is 1. The summed E-state index contributed by atoms with van der Waals surface area (Å²) in [6.07, 6.45) is -0.230. The molecule has 2 unspecified atom stereocenters. The summed E-state index contributed by atoms with van der Waals surface area (Å²) in [4.78, 5) is 16.5. The third kappa shape index (κ3) is 7.72. The number of hydrogen-bond donors (Lipinski definition) is 4. The minimum atomic E-state index is -0.608. The third-order valence-corrected chi connectivity index (χ3v) is 4.46. The van der Waals surface area contributed by atoms with Gasteiger partial charge in [-0.1, -0.05) is 29.8 Å². The van der Waals surface area contributed by atoms with Gasteiger partial charge < -0.3 is 26.8 Å². The van der Waals surface area contributed by atoms with Crippen LogP contribution in [0.1, 0.15) is 35.3 Å². The normalized spacial score (nSPS) is 14.7. The Hall–Kier alpha value is -2.52. The molecule has 0 bridgehead atoms. The van der Waals surface area contributed by atoms with Gasteiger partial charge in [-0.3, -0.25) is 4.79 Å². The first kappa shape index (κ1) is 23.8. The Morgan fingerprint density at radius 3 is 2.53 bits per heavy atom. The highest BCUT2D eigenvalue weighted by molar-refractivity contribution is 6.30. The van der Waals surface area contributed by atoms with Crippen LogP contribution in [0.5, 0.6) is 0 Å². The number of methoxy groups -OCH3 is 1. The standard InChI is InChI=1S/C21H27ClFN5O2/c1-13(12-30-2)26-21(28-20(29)15-4-3-5-17(23)10-15)27-19(25)11-18(24)14-6-8-16(22)9-7-14/h3-10,13,18-19H,11-12,24-25H2,1-2H3,(H2,26,27,28,29)/t13-,18?,19?/m0/s1. The number of benzene rings is 2. The Labute approximate surface area is 180 Å². The van der Waals surface area contributed by atoms with Crippen LogP contribution in [0.3, 0.4) is 0 Å². The number of hydrogen-bond acceptors (Lipinski definition) is 4. The van der Waals surface area contributed by atoms with Gasteiger partial charge in [0.25, 0.3) is 5.91 Å². The van der Waals surface area contributed by atoms with Crippen molar-refractivity contribution in [2.75, 3.05) is 13.7 Å². The zero-order valence-electron chi connectivity index (χ0n) is 16.9. The Bertz CT molecular complexity index is 863. The van der Waals surface area contributed by atoms with Crippen molar-refractivity contribution in [3.8, 4) is 0 Å². The summed E-state index contributed by atoms with van der Waals surface area (Å²) in [7, 11) is 1.57. The lowest BCUT2D eigenvalue weighted by molar-refractivity contribution is 0.100. The number of rotatable bonds is 8. The number of amides is 1. The van der Waals surface area contributed by atoms with Crippen molar-refractivity contribution in [3.05, 3.63) is 70.5 Å². The maximum atomic E-state index is 13.4. The predicted molar refractivity (Wildman–Crippen MR) is 117 cm³/mol. The minimum absolute atomic E-state index is 0.127. The molecule has 0 saturated carbocycles. The maximum Gasteiger partial charge on any atom is 0.280 e. The summed E-state index contributed by atoms with van der Waals surface area (Å²) in [5.74, 6) is -0.968. The number of nitrogens with one attached hydrogen (secondary N) is 2. The lowest BCUT2D eigenvalue weighted by atomic mass is 10.0.